The fraction of sp³-hybridized carbons (Fsp3) is 0.474. The van der Waals surface area contributed by atoms with Gasteiger partial charge in [-0.3, -0.25) is 9.59 Å². The van der Waals surface area contributed by atoms with Crippen molar-refractivity contribution in [1.29, 1.82) is 0 Å². The Balaban J connectivity index is 1.42. The van der Waals surface area contributed by atoms with Crippen LogP contribution in [0.25, 0.3) is 0 Å². The van der Waals surface area contributed by atoms with Crippen LogP contribution < -0.4 is 0 Å². The average Bonchev–Trinajstić information content (AvgIpc) is 2.91. The smallest absolute Gasteiger partial charge is 0.253 e. The molecule has 27 heavy (non-hydrogen) atoms. The van der Waals surface area contributed by atoms with Crippen molar-refractivity contribution in [2.45, 2.75) is 24.0 Å². The Kier molecular flexibility index (Phi) is 5.15. The Labute approximate surface area is 162 Å². The summed E-state index contributed by atoms with van der Waals surface area (Å²) in [4.78, 5) is 29.6. The molecular formula is C19H23N5O2S. The molecule has 3 aliphatic rings. The van der Waals surface area contributed by atoms with Gasteiger partial charge in [-0.25, -0.2) is 0 Å². The highest BCUT2D eigenvalue weighted by Gasteiger charge is 2.38. The average molecular weight is 385 g/mol. The number of nitrogens with zero attached hydrogens (tertiary/aromatic N) is 5. The van der Waals surface area contributed by atoms with Gasteiger partial charge in [-0.1, -0.05) is 30.0 Å². The van der Waals surface area contributed by atoms with E-state index in [2.05, 4.69) is 10.2 Å². The Morgan fingerprint density at radius 2 is 1.96 bits per heavy atom. The summed E-state index contributed by atoms with van der Waals surface area (Å²) in [6.45, 7) is 2.08. The van der Waals surface area contributed by atoms with Gasteiger partial charge in [0, 0.05) is 38.3 Å². The summed E-state index contributed by atoms with van der Waals surface area (Å²) in [6, 6.07) is 9.51. The van der Waals surface area contributed by atoms with Gasteiger partial charge in [-0.05, 0) is 30.9 Å². The summed E-state index contributed by atoms with van der Waals surface area (Å²) in [6.07, 6.45) is 3.67. The fourth-order valence-corrected chi connectivity index (χ4v) is 4.70. The Bertz CT molecular complexity index is 825. The molecule has 0 saturated carbocycles. The number of carbonyl (C=O) groups is 2. The second-order valence-corrected chi connectivity index (χ2v) is 8.18. The number of fused-ring (bicyclic) bond motifs is 4. The second kappa shape index (κ2) is 7.72. The number of aromatic nitrogens is 3. The topological polar surface area (TPSA) is 71.3 Å². The molecule has 4 heterocycles. The van der Waals surface area contributed by atoms with Crippen LogP contribution in [-0.2, 0) is 11.8 Å². The molecule has 0 N–H and O–H groups in total. The van der Waals surface area contributed by atoms with Crippen LogP contribution in [-0.4, -0.2) is 67.8 Å². The number of aryl methyl sites for hydroxylation is 1. The first-order chi connectivity index (χ1) is 13.1. The zero-order valence-electron chi connectivity index (χ0n) is 15.3. The highest BCUT2D eigenvalue weighted by Crippen LogP contribution is 2.29. The first-order valence-corrected chi connectivity index (χ1v) is 10.2. The van der Waals surface area contributed by atoms with Gasteiger partial charge in [0.05, 0.1) is 5.75 Å². The zero-order chi connectivity index (χ0) is 18.8. The van der Waals surface area contributed by atoms with E-state index in [1.165, 1.54) is 11.8 Å². The third kappa shape index (κ3) is 3.85. The molecule has 1 aromatic carbocycles. The molecule has 0 unspecified atom stereocenters. The highest BCUT2D eigenvalue weighted by molar-refractivity contribution is 7.99. The van der Waals surface area contributed by atoms with E-state index in [9.17, 15) is 9.59 Å². The number of hydrogen-bond donors (Lipinski definition) is 0. The first-order valence-electron chi connectivity index (χ1n) is 9.22. The van der Waals surface area contributed by atoms with E-state index >= 15 is 0 Å². The van der Waals surface area contributed by atoms with Crippen molar-refractivity contribution in [3.8, 4) is 0 Å². The molecule has 8 heteroatoms. The minimum Gasteiger partial charge on any atom is -0.337 e. The van der Waals surface area contributed by atoms with Gasteiger partial charge in [-0.15, -0.1) is 10.2 Å². The monoisotopic (exact) mass is 385 g/mol. The van der Waals surface area contributed by atoms with Crippen LogP contribution >= 0.6 is 11.8 Å². The lowest BCUT2D eigenvalue weighted by molar-refractivity contribution is -0.132. The van der Waals surface area contributed by atoms with Gasteiger partial charge in [0.2, 0.25) is 5.91 Å². The molecule has 0 spiro atoms. The van der Waals surface area contributed by atoms with E-state index in [0.29, 0.717) is 18.2 Å². The molecule has 2 bridgehead atoms. The van der Waals surface area contributed by atoms with E-state index in [0.717, 1.165) is 36.7 Å². The Morgan fingerprint density at radius 3 is 2.70 bits per heavy atom. The Morgan fingerprint density at radius 1 is 1.15 bits per heavy atom. The van der Waals surface area contributed by atoms with Gasteiger partial charge in [-0.2, -0.15) is 0 Å². The summed E-state index contributed by atoms with van der Waals surface area (Å²) in [5, 5.41) is 8.61. The molecule has 3 fully saturated rings. The first kappa shape index (κ1) is 18.0. The maximum atomic E-state index is 12.9. The summed E-state index contributed by atoms with van der Waals surface area (Å²) < 4.78 is 1.81. The third-order valence-corrected chi connectivity index (χ3v) is 6.36. The van der Waals surface area contributed by atoms with Crippen molar-refractivity contribution < 1.29 is 9.59 Å². The molecule has 2 amide bonds. The summed E-state index contributed by atoms with van der Waals surface area (Å²) in [7, 11) is 1.87. The van der Waals surface area contributed by atoms with Crippen LogP contribution in [0, 0.1) is 5.92 Å². The molecule has 0 radical (unpaired) electrons. The molecule has 3 aliphatic heterocycles. The predicted molar refractivity (Wildman–Crippen MR) is 102 cm³/mol. The summed E-state index contributed by atoms with van der Waals surface area (Å²) >= 11 is 1.41. The predicted octanol–water partition coefficient (Wildman–Crippen LogP) is 1.67. The minimum atomic E-state index is 0.0651. The molecule has 142 valence electrons. The fourth-order valence-electron chi connectivity index (χ4n) is 3.93. The van der Waals surface area contributed by atoms with Crippen LogP contribution in [0.15, 0.2) is 41.8 Å². The molecule has 3 saturated heterocycles. The quantitative estimate of drug-likeness (QED) is 0.749. The van der Waals surface area contributed by atoms with Crippen molar-refractivity contribution in [2.24, 2.45) is 13.0 Å². The molecule has 0 aliphatic carbocycles. The van der Waals surface area contributed by atoms with Crippen LogP contribution in [0.4, 0.5) is 0 Å². The van der Waals surface area contributed by atoms with Crippen molar-refractivity contribution in [1.82, 2.24) is 24.6 Å². The van der Waals surface area contributed by atoms with E-state index in [-0.39, 0.29) is 17.9 Å². The van der Waals surface area contributed by atoms with Gasteiger partial charge >= 0.3 is 0 Å². The number of hydrogen-bond acceptors (Lipinski definition) is 5. The van der Waals surface area contributed by atoms with E-state index < -0.39 is 0 Å². The van der Waals surface area contributed by atoms with Gasteiger partial charge in [0.1, 0.15) is 6.33 Å². The van der Waals surface area contributed by atoms with Crippen LogP contribution in [0.1, 0.15) is 23.2 Å². The van der Waals surface area contributed by atoms with Crippen LogP contribution in [0.5, 0.6) is 0 Å². The lowest BCUT2D eigenvalue weighted by Gasteiger charge is -2.36. The van der Waals surface area contributed by atoms with Crippen molar-refractivity contribution >= 4 is 23.6 Å². The van der Waals surface area contributed by atoms with Gasteiger partial charge < -0.3 is 14.4 Å². The number of benzene rings is 1. The maximum absolute atomic E-state index is 12.9. The van der Waals surface area contributed by atoms with Crippen molar-refractivity contribution in [2.75, 3.05) is 25.4 Å². The van der Waals surface area contributed by atoms with Crippen LogP contribution in [0.3, 0.4) is 0 Å². The normalized spacial score (nSPS) is 22.0. The van der Waals surface area contributed by atoms with Crippen molar-refractivity contribution in [3.05, 3.63) is 42.2 Å². The van der Waals surface area contributed by atoms with E-state index in [1.807, 2.05) is 51.7 Å². The number of amides is 2. The molecule has 2 atom stereocenters. The SMILES string of the molecule is Cn1cnnc1SCC(=O)N1C[C@H]2CC[C@@H]1CN(C(=O)c1ccccc1)C2. The largest absolute Gasteiger partial charge is 0.337 e. The lowest BCUT2D eigenvalue weighted by atomic mass is 9.95. The number of thioether (sulfide) groups is 1. The molecule has 1 aromatic heterocycles. The lowest BCUT2D eigenvalue weighted by Crippen LogP contribution is -2.48. The number of carbonyl (C=O) groups excluding carboxylic acids is 2. The van der Waals surface area contributed by atoms with Crippen LogP contribution in [0.2, 0.25) is 0 Å². The zero-order valence-corrected chi connectivity index (χ0v) is 16.1. The molecule has 7 nitrogen and oxygen atoms in total. The summed E-state index contributed by atoms with van der Waals surface area (Å²) in [5.41, 5.74) is 0.717. The van der Waals surface area contributed by atoms with E-state index in [4.69, 9.17) is 0 Å². The molecular weight excluding hydrogens is 362 g/mol. The standard InChI is InChI=1S/C19H23N5O2S/c1-22-13-20-21-19(22)27-12-17(25)24-10-14-7-8-16(24)11-23(9-14)18(26)15-5-3-2-4-6-15/h2-6,13-14,16H,7-12H2,1H3/t14-,16+/m0/s1. The Hall–Kier alpha value is -2.35. The second-order valence-electron chi connectivity index (χ2n) is 7.23. The number of piperidine rings is 1. The highest BCUT2D eigenvalue weighted by atomic mass is 32.2. The van der Waals surface area contributed by atoms with Gasteiger partial charge in [0.25, 0.3) is 5.91 Å². The van der Waals surface area contributed by atoms with Crippen molar-refractivity contribution in [3.63, 3.8) is 0 Å². The van der Waals surface area contributed by atoms with Gasteiger partial charge in [0.15, 0.2) is 5.16 Å². The minimum absolute atomic E-state index is 0.0651. The molecule has 2 aromatic rings. The third-order valence-electron chi connectivity index (χ3n) is 5.34. The molecule has 5 rings (SSSR count). The summed E-state index contributed by atoms with van der Waals surface area (Å²) in [5.74, 6) is 0.879. The van der Waals surface area contributed by atoms with E-state index in [1.54, 1.807) is 6.33 Å². The number of rotatable bonds is 4. The maximum Gasteiger partial charge on any atom is 0.253 e.